The molecule has 138 valence electrons. The highest BCUT2D eigenvalue weighted by Crippen LogP contribution is 2.21. The van der Waals surface area contributed by atoms with Gasteiger partial charge in [-0.15, -0.1) is 0 Å². The number of anilines is 1. The molecule has 1 amide bonds. The van der Waals surface area contributed by atoms with Crippen LogP contribution in [0.2, 0.25) is 0 Å². The fourth-order valence-corrected chi connectivity index (χ4v) is 4.71. The minimum atomic E-state index is -3.02. The Labute approximate surface area is 153 Å². The molecule has 0 radical (unpaired) electrons. The molecular weight excluding hydrogens is 352 g/mol. The van der Waals surface area contributed by atoms with Gasteiger partial charge in [0, 0.05) is 11.7 Å². The van der Waals surface area contributed by atoms with E-state index < -0.39 is 15.9 Å². The molecule has 1 saturated heterocycles. The van der Waals surface area contributed by atoms with Crippen LogP contribution < -0.4 is 15.4 Å². The first kappa shape index (κ1) is 18.4. The molecule has 26 heavy (non-hydrogen) atoms. The number of carbonyl (C=O) groups excluding carboxylic acids is 1. The number of ether oxygens (including phenoxy) is 1. The summed E-state index contributed by atoms with van der Waals surface area (Å²) in [6, 6.07) is 15.5. The van der Waals surface area contributed by atoms with Crippen molar-refractivity contribution in [2.24, 2.45) is 0 Å². The van der Waals surface area contributed by atoms with E-state index in [9.17, 15) is 13.2 Å². The molecular formula is C19H22N2O4S. The van der Waals surface area contributed by atoms with Crippen molar-refractivity contribution in [3.8, 4) is 5.75 Å². The maximum Gasteiger partial charge on any atom is 0.246 e. The number of benzene rings is 2. The molecule has 1 heterocycles. The Kier molecular flexibility index (Phi) is 5.58. The van der Waals surface area contributed by atoms with Crippen LogP contribution in [0, 0.1) is 0 Å². The maximum absolute atomic E-state index is 12.9. The largest absolute Gasteiger partial charge is 0.497 e. The summed E-state index contributed by atoms with van der Waals surface area (Å²) in [6.45, 7) is 0. The fraction of sp³-hybridized carbons (Fsp3) is 0.316. The van der Waals surface area contributed by atoms with Crippen molar-refractivity contribution >= 4 is 21.4 Å². The monoisotopic (exact) mass is 374 g/mol. The van der Waals surface area contributed by atoms with Crippen molar-refractivity contribution < 1.29 is 17.9 Å². The van der Waals surface area contributed by atoms with Gasteiger partial charge in [0.1, 0.15) is 11.8 Å². The van der Waals surface area contributed by atoms with Crippen LogP contribution in [-0.4, -0.2) is 39.0 Å². The molecule has 1 aliphatic heterocycles. The number of methoxy groups -OCH3 is 1. The van der Waals surface area contributed by atoms with E-state index in [1.54, 1.807) is 31.4 Å². The van der Waals surface area contributed by atoms with Crippen LogP contribution in [0.4, 0.5) is 5.69 Å². The van der Waals surface area contributed by atoms with E-state index in [1.165, 1.54) is 0 Å². The van der Waals surface area contributed by atoms with Gasteiger partial charge in [0.2, 0.25) is 5.91 Å². The predicted octanol–water partition coefficient (Wildman–Crippen LogP) is 2.15. The smallest absolute Gasteiger partial charge is 0.246 e. The van der Waals surface area contributed by atoms with Gasteiger partial charge in [-0.05, 0) is 36.2 Å². The summed E-state index contributed by atoms with van der Waals surface area (Å²) < 4.78 is 28.6. The van der Waals surface area contributed by atoms with Gasteiger partial charge in [-0.25, -0.2) is 8.42 Å². The van der Waals surface area contributed by atoms with Crippen molar-refractivity contribution in [3.63, 3.8) is 0 Å². The Morgan fingerprint density at radius 2 is 1.81 bits per heavy atom. The van der Waals surface area contributed by atoms with Gasteiger partial charge in [0.05, 0.1) is 18.6 Å². The summed E-state index contributed by atoms with van der Waals surface area (Å²) in [5.74, 6) is 0.695. The van der Waals surface area contributed by atoms with Crippen molar-refractivity contribution in [1.82, 2.24) is 5.32 Å². The molecule has 0 saturated carbocycles. The molecule has 2 aromatic rings. The van der Waals surface area contributed by atoms with E-state index in [-0.39, 0.29) is 23.5 Å². The quantitative estimate of drug-likeness (QED) is 0.809. The zero-order valence-corrected chi connectivity index (χ0v) is 15.3. The highest BCUT2D eigenvalue weighted by atomic mass is 32.2. The molecule has 3 rings (SSSR count). The third-order valence-corrected chi connectivity index (χ3v) is 6.16. The SMILES string of the molecule is COc1ccc(NC(=O)[C@@H](N[C@H]2CCS(=O)(=O)C2)c2ccccc2)cc1. The van der Waals surface area contributed by atoms with Gasteiger partial charge in [0.15, 0.2) is 9.84 Å². The van der Waals surface area contributed by atoms with Crippen molar-refractivity contribution in [1.29, 1.82) is 0 Å². The predicted molar refractivity (Wildman–Crippen MR) is 101 cm³/mol. The lowest BCUT2D eigenvalue weighted by Crippen LogP contribution is -2.40. The Bertz CT molecular complexity index is 851. The van der Waals surface area contributed by atoms with Crippen LogP contribution in [0.25, 0.3) is 0 Å². The molecule has 7 heteroatoms. The highest BCUT2D eigenvalue weighted by molar-refractivity contribution is 7.91. The third-order valence-electron chi connectivity index (χ3n) is 4.39. The topological polar surface area (TPSA) is 84.5 Å². The lowest BCUT2D eigenvalue weighted by Gasteiger charge is -2.22. The number of sulfone groups is 1. The first-order valence-corrected chi connectivity index (χ1v) is 10.3. The van der Waals surface area contributed by atoms with Crippen LogP contribution in [0.1, 0.15) is 18.0 Å². The second-order valence-corrected chi connectivity index (χ2v) is 8.56. The van der Waals surface area contributed by atoms with Crippen LogP contribution >= 0.6 is 0 Å². The van der Waals surface area contributed by atoms with Gasteiger partial charge in [0.25, 0.3) is 0 Å². The fourth-order valence-electron chi connectivity index (χ4n) is 3.02. The Morgan fingerprint density at radius 3 is 2.38 bits per heavy atom. The van der Waals surface area contributed by atoms with Gasteiger partial charge in [-0.3, -0.25) is 10.1 Å². The molecule has 2 atom stereocenters. The Balaban J connectivity index is 1.77. The maximum atomic E-state index is 12.9. The minimum absolute atomic E-state index is 0.0617. The number of carbonyl (C=O) groups is 1. The standard InChI is InChI=1S/C19H22N2O4S/c1-25-17-9-7-15(8-10-17)21-19(22)18(14-5-3-2-4-6-14)20-16-11-12-26(23,24)13-16/h2-10,16,18,20H,11-13H2,1H3,(H,21,22)/t16-,18-/m0/s1. The average molecular weight is 374 g/mol. The number of rotatable bonds is 6. The van der Waals surface area contributed by atoms with Crippen molar-refractivity contribution in [3.05, 3.63) is 60.2 Å². The summed E-state index contributed by atoms with van der Waals surface area (Å²) in [7, 11) is -1.44. The lowest BCUT2D eigenvalue weighted by atomic mass is 10.0. The second-order valence-electron chi connectivity index (χ2n) is 6.33. The Hall–Kier alpha value is -2.38. The van der Waals surface area contributed by atoms with Crippen molar-refractivity contribution in [2.75, 3.05) is 23.9 Å². The first-order valence-electron chi connectivity index (χ1n) is 8.43. The minimum Gasteiger partial charge on any atom is -0.497 e. The lowest BCUT2D eigenvalue weighted by molar-refractivity contribution is -0.118. The molecule has 2 aromatic carbocycles. The Morgan fingerprint density at radius 1 is 1.12 bits per heavy atom. The summed E-state index contributed by atoms with van der Waals surface area (Å²) in [5, 5.41) is 6.09. The zero-order chi connectivity index (χ0) is 18.6. The van der Waals surface area contributed by atoms with Gasteiger partial charge in [-0.1, -0.05) is 30.3 Å². The third kappa shape index (κ3) is 4.62. The van der Waals surface area contributed by atoms with Crippen LogP contribution in [0.3, 0.4) is 0 Å². The molecule has 6 nitrogen and oxygen atoms in total. The normalized spacial score (nSPS) is 19.7. The van der Waals surface area contributed by atoms with Gasteiger partial charge < -0.3 is 10.1 Å². The first-order chi connectivity index (χ1) is 12.5. The average Bonchev–Trinajstić information content (AvgIpc) is 2.99. The molecule has 1 fully saturated rings. The summed E-state index contributed by atoms with van der Waals surface area (Å²) in [6.07, 6.45) is 0.515. The van der Waals surface area contributed by atoms with E-state index in [0.717, 1.165) is 5.56 Å². The molecule has 1 aliphatic rings. The van der Waals surface area contributed by atoms with E-state index in [4.69, 9.17) is 4.74 Å². The number of hydrogen-bond acceptors (Lipinski definition) is 5. The number of hydrogen-bond donors (Lipinski definition) is 2. The molecule has 2 N–H and O–H groups in total. The van der Waals surface area contributed by atoms with Crippen LogP contribution in [-0.2, 0) is 14.6 Å². The van der Waals surface area contributed by atoms with E-state index in [0.29, 0.717) is 17.9 Å². The summed E-state index contributed by atoms with van der Waals surface area (Å²) in [4.78, 5) is 12.9. The zero-order valence-electron chi connectivity index (χ0n) is 14.5. The highest BCUT2D eigenvalue weighted by Gasteiger charge is 2.32. The van der Waals surface area contributed by atoms with Crippen LogP contribution in [0.5, 0.6) is 5.75 Å². The molecule has 0 aromatic heterocycles. The van der Waals surface area contributed by atoms with E-state index in [2.05, 4.69) is 10.6 Å². The molecule has 0 aliphatic carbocycles. The molecule has 0 unspecified atom stereocenters. The van der Waals surface area contributed by atoms with Crippen molar-refractivity contribution in [2.45, 2.75) is 18.5 Å². The van der Waals surface area contributed by atoms with Gasteiger partial charge in [-0.2, -0.15) is 0 Å². The second kappa shape index (κ2) is 7.88. The molecule has 0 bridgehead atoms. The summed E-state index contributed by atoms with van der Waals surface area (Å²) in [5.41, 5.74) is 1.44. The number of nitrogens with one attached hydrogen (secondary N) is 2. The summed E-state index contributed by atoms with van der Waals surface area (Å²) >= 11 is 0. The van der Waals surface area contributed by atoms with Crippen LogP contribution in [0.15, 0.2) is 54.6 Å². The van der Waals surface area contributed by atoms with Gasteiger partial charge >= 0.3 is 0 Å². The van der Waals surface area contributed by atoms with E-state index in [1.807, 2.05) is 30.3 Å². The number of amides is 1. The molecule has 0 spiro atoms. The van der Waals surface area contributed by atoms with E-state index >= 15 is 0 Å².